The Bertz CT molecular complexity index is 592. The van der Waals surface area contributed by atoms with Gasteiger partial charge < -0.3 is 11.1 Å². The van der Waals surface area contributed by atoms with Crippen LogP contribution >= 0.6 is 0 Å². The van der Waals surface area contributed by atoms with Crippen LogP contribution in [0.25, 0.3) is 10.8 Å². The molecule has 1 amide bonds. The summed E-state index contributed by atoms with van der Waals surface area (Å²) < 4.78 is 0. The molecule has 0 saturated carbocycles. The quantitative estimate of drug-likeness (QED) is 0.882. The zero-order chi connectivity index (χ0) is 13.8. The van der Waals surface area contributed by atoms with Gasteiger partial charge in [0.25, 0.3) is 0 Å². The molecule has 0 aromatic heterocycles. The normalized spacial score (nSPS) is 12.4. The summed E-state index contributed by atoms with van der Waals surface area (Å²) in [6.07, 6.45) is 0. The van der Waals surface area contributed by atoms with E-state index in [1.54, 1.807) is 0 Å². The molecule has 0 heterocycles. The lowest BCUT2D eigenvalue weighted by molar-refractivity contribution is -0.124. The van der Waals surface area contributed by atoms with Gasteiger partial charge in [0.15, 0.2) is 0 Å². The van der Waals surface area contributed by atoms with Crippen molar-refractivity contribution in [2.45, 2.75) is 20.4 Å². The van der Waals surface area contributed by atoms with Crippen LogP contribution in [-0.4, -0.2) is 12.5 Å². The fraction of sp³-hybridized carbons (Fsp3) is 0.312. The van der Waals surface area contributed by atoms with Gasteiger partial charge in [-0.25, -0.2) is 0 Å². The maximum absolute atomic E-state index is 11.7. The van der Waals surface area contributed by atoms with Crippen molar-refractivity contribution >= 4 is 16.7 Å². The van der Waals surface area contributed by atoms with E-state index in [1.807, 2.05) is 6.92 Å². The Morgan fingerprint density at radius 1 is 1.21 bits per heavy atom. The minimum atomic E-state index is -0.136. The third-order valence-electron chi connectivity index (χ3n) is 3.33. The number of rotatable bonds is 4. The van der Waals surface area contributed by atoms with Gasteiger partial charge in [-0.05, 0) is 29.3 Å². The zero-order valence-electron chi connectivity index (χ0n) is 11.4. The van der Waals surface area contributed by atoms with E-state index in [4.69, 9.17) is 5.73 Å². The molecule has 2 rings (SSSR count). The number of hydrogen-bond donors (Lipinski definition) is 2. The molecule has 0 fully saturated rings. The maximum Gasteiger partial charge on any atom is 0.224 e. The van der Waals surface area contributed by atoms with E-state index >= 15 is 0 Å². The molecule has 2 aromatic carbocycles. The lowest BCUT2D eigenvalue weighted by atomic mass is 10.0. The third-order valence-corrected chi connectivity index (χ3v) is 3.33. The second-order valence-electron chi connectivity index (χ2n) is 5.04. The van der Waals surface area contributed by atoms with E-state index < -0.39 is 0 Å². The number of nitrogens with one attached hydrogen (secondary N) is 1. The highest BCUT2D eigenvalue weighted by Gasteiger charge is 2.09. The van der Waals surface area contributed by atoms with Crippen molar-refractivity contribution in [3.63, 3.8) is 0 Å². The summed E-state index contributed by atoms with van der Waals surface area (Å²) in [6, 6.07) is 12.6. The molecule has 1 atom stereocenters. The van der Waals surface area contributed by atoms with Gasteiger partial charge in [0, 0.05) is 19.0 Å². The van der Waals surface area contributed by atoms with Crippen LogP contribution in [0.2, 0.25) is 0 Å². The molecule has 3 N–H and O–H groups in total. The van der Waals surface area contributed by atoms with Crippen LogP contribution in [0, 0.1) is 12.8 Å². The topological polar surface area (TPSA) is 55.1 Å². The monoisotopic (exact) mass is 256 g/mol. The van der Waals surface area contributed by atoms with Gasteiger partial charge in [-0.15, -0.1) is 0 Å². The Kier molecular flexibility index (Phi) is 4.17. The van der Waals surface area contributed by atoms with Gasteiger partial charge in [0.05, 0.1) is 0 Å². The second-order valence-corrected chi connectivity index (χ2v) is 5.04. The Balaban J connectivity index is 2.09. The molecule has 0 aliphatic rings. The highest BCUT2D eigenvalue weighted by atomic mass is 16.1. The standard InChI is InChI=1S/C16H20N2O/c1-11-3-5-15-8-13(4-6-14(15)7-11)10-18-16(19)12(2)9-17/h3-8,12H,9-10,17H2,1-2H3,(H,18,19). The van der Waals surface area contributed by atoms with E-state index in [0.29, 0.717) is 13.1 Å². The maximum atomic E-state index is 11.7. The van der Waals surface area contributed by atoms with Crippen molar-refractivity contribution < 1.29 is 4.79 Å². The zero-order valence-corrected chi connectivity index (χ0v) is 11.4. The highest BCUT2D eigenvalue weighted by Crippen LogP contribution is 2.17. The van der Waals surface area contributed by atoms with Crippen LogP contribution in [0.1, 0.15) is 18.1 Å². The van der Waals surface area contributed by atoms with Crippen LogP contribution in [0.4, 0.5) is 0 Å². The Morgan fingerprint density at radius 2 is 1.89 bits per heavy atom. The minimum absolute atomic E-state index is 0.00602. The molecular weight excluding hydrogens is 236 g/mol. The Labute approximate surface area is 113 Å². The SMILES string of the molecule is Cc1ccc2cc(CNC(=O)C(C)CN)ccc2c1. The molecule has 0 saturated heterocycles. The predicted molar refractivity (Wildman–Crippen MR) is 78.8 cm³/mol. The first-order chi connectivity index (χ1) is 9.10. The van der Waals surface area contributed by atoms with Crippen LogP contribution < -0.4 is 11.1 Å². The molecule has 0 spiro atoms. The number of aryl methyl sites for hydroxylation is 1. The smallest absolute Gasteiger partial charge is 0.224 e. The summed E-state index contributed by atoms with van der Waals surface area (Å²) in [5.41, 5.74) is 7.83. The number of carbonyl (C=O) groups excluding carboxylic acids is 1. The van der Waals surface area contributed by atoms with E-state index in [9.17, 15) is 4.79 Å². The first-order valence-corrected chi connectivity index (χ1v) is 6.57. The number of fused-ring (bicyclic) bond motifs is 1. The average Bonchev–Trinajstić information content (AvgIpc) is 2.43. The molecule has 19 heavy (non-hydrogen) atoms. The fourth-order valence-corrected chi connectivity index (χ4v) is 2.00. The number of hydrogen-bond acceptors (Lipinski definition) is 2. The van der Waals surface area contributed by atoms with Crippen molar-refractivity contribution in [3.8, 4) is 0 Å². The van der Waals surface area contributed by atoms with Crippen molar-refractivity contribution in [1.82, 2.24) is 5.32 Å². The Hall–Kier alpha value is -1.87. The molecule has 3 nitrogen and oxygen atoms in total. The number of amides is 1. The van der Waals surface area contributed by atoms with Gasteiger partial charge >= 0.3 is 0 Å². The van der Waals surface area contributed by atoms with Crippen molar-refractivity contribution in [2.75, 3.05) is 6.54 Å². The first-order valence-electron chi connectivity index (χ1n) is 6.57. The molecule has 0 radical (unpaired) electrons. The van der Waals surface area contributed by atoms with Gasteiger partial charge in [-0.3, -0.25) is 4.79 Å². The summed E-state index contributed by atoms with van der Waals surface area (Å²) >= 11 is 0. The average molecular weight is 256 g/mol. The third kappa shape index (κ3) is 3.32. The summed E-state index contributed by atoms with van der Waals surface area (Å²) in [6.45, 7) is 4.84. The van der Waals surface area contributed by atoms with Crippen LogP contribution in [-0.2, 0) is 11.3 Å². The van der Waals surface area contributed by atoms with Crippen LogP contribution in [0.5, 0.6) is 0 Å². The molecule has 100 valence electrons. The van der Waals surface area contributed by atoms with Gasteiger partial charge in [-0.1, -0.05) is 42.8 Å². The highest BCUT2D eigenvalue weighted by molar-refractivity contribution is 5.84. The number of nitrogens with two attached hydrogens (primary N) is 1. The molecule has 1 unspecified atom stereocenters. The van der Waals surface area contributed by atoms with E-state index in [0.717, 1.165) is 5.56 Å². The van der Waals surface area contributed by atoms with Crippen molar-refractivity contribution in [1.29, 1.82) is 0 Å². The summed E-state index contributed by atoms with van der Waals surface area (Å²) in [5, 5.41) is 5.33. The van der Waals surface area contributed by atoms with E-state index in [1.165, 1.54) is 16.3 Å². The lowest BCUT2D eigenvalue weighted by Gasteiger charge is -2.10. The minimum Gasteiger partial charge on any atom is -0.352 e. The molecule has 0 aliphatic carbocycles. The first kappa shape index (κ1) is 13.6. The molecule has 2 aromatic rings. The summed E-state index contributed by atoms with van der Waals surface area (Å²) in [5.74, 6) is -0.130. The second kappa shape index (κ2) is 5.85. The van der Waals surface area contributed by atoms with Crippen LogP contribution in [0.15, 0.2) is 36.4 Å². The summed E-state index contributed by atoms with van der Waals surface area (Å²) in [4.78, 5) is 11.7. The van der Waals surface area contributed by atoms with Gasteiger partial charge in [0.2, 0.25) is 5.91 Å². The van der Waals surface area contributed by atoms with E-state index in [-0.39, 0.29) is 11.8 Å². The molecule has 0 aliphatic heterocycles. The summed E-state index contributed by atoms with van der Waals surface area (Å²) in [7, 11) is 0. The van der Waals surface area contributed by atoms with Gasteiger partial charge in [0.1, 0.15) is 0 Å². The predicted octanol–water partition coefficient (Wildman–Crippen LogP) is 2.36. The van der Waals surface area contributed by atoms with Crippen molar-refractivity contribution in [3.05, 3.63) is 47.5 Å². The number of carbonyl (C=O) groups is 1. The lowest BCUT2D eigenvalue weighted by Crippen LogP contribution is -2.32. The fourth-order valence-electron chi connectivity index (χ4n) is 2.00. The largest absolute Gasteiger partial charge is 0.352 e. The number of benzene rings is 2. The molecule has 3 heteroatoms. The van der Waals surface area contributed by atoms with E-state index in [2.05, 4.69) is 48.6 Å². The Morgan fingerprint density at radius 3 is 2.63 bits per heavy atom. The van der Waals surface area contributed by atoms with Crippen molar-refractivity contribution in [2.24, 2.45) is 11.7 Å². The molecule has 0 bridgehead atoms. The molecular formula is C16H20N2O. The van der Waals surface area contributed by atoms with Gasteiger partial charge in [-0.2, -0.15) is 0 Å². The van der Waals surface area contributed by atoms with Crippen LogP contribution in [0.3, 0.4) is 0 Å².